The summed E-state index contributed by atoms with van der Waals surface area (Å²) in [4.78, 5) is 18.8. The molecular weight excluding hydrogens is 418 g/mol. The van der Waals surface area contributed by atoms with E-state index in [0.717, 1.165) is 25.9 Å². The Morgan fingerprint density at radius 3 is 2.55 bits per heavy atom. The van der Waals surface area contributed by atoms with Gasteiger partial charge in [-0.05, 0) is 51.1 Å². The topological polar surface area (TPSA) is 102 Å². The number of methoxy groups -OCH3 is 1. The van der Waals surface area contributed by atoms with Crippen LogP contribution in [0, 0.1) is 6.92 Å². The molecule has 0 unspecified atom stereocenters. The molecule has 0 bridgehead atoms. The van der Waals surface area contributed by atoms with Gasteiger partial charge in [0, 0.05) is 18.7 Å². The molecule has 2 aromatic rings. The number of nitrogens with zero attached hydrogens (tertiary/aromatic N) is 2. The summed E-state index contributed by atoms with van der Waals surface area (Å²) in [6.07, 6.45) is 2.08. The van der Waals surface area contributed by atoms with Crippen LogP contribution in [-0.4, -0.2) is 63.3 Å². The fourth-order valence-corrected chi connectivity index (χ4v) is 4.56. The second-order valence-corrected chi connectivity index (χ2v) is 9.54. The van der Waals surface area contributed by atoms with Crippen LogP contribution in [0.4, 0.5) is 0 Å². The summed E-state index contributed by atoms with van der Waals surface area (Å²) < 4.78 is 35.9. The minimum absolute atomic E-state index is 0.308. The summed E-state index contributed by atoms with van der Waals surface area (Å²) in [6.45, 7) is 8.94. The first kappa shape index (κ1) is 24.9. The van der Waals surface area contributed by atoms with Crippen LogP contribution in [0.25, 0.3) is 11.5 Å². The van der Waals surface area contributed by atoms with E-state index in [1.807, 2.05) is 0 Å². The molecule has 0 spiro atoms. The maximum Gasteiger partial charge on any atom is 0.235 e. The van der Waals surface area contributed by atoms with Crippen LogP contribution in [-0.2, 0) is 20.4 Å². The first-order valence-electron chi connectivity index (χ1n) is 10.6. The number of aromatic nitrogens is 1. The Hall–Kier alpha value is -2.39. The monoisotopic (exact) mass is 451 g/mol. The standard InChI is InChI=1S/C22H33N3O5S/c1-5-11-25(12-6-2)13-10-23-21(26)16-31(27,28)15-20-17(3)30-22(24-20)18-8-7-9-19(14-18)29-4/h7-9,14H,5-6,10-13,15-16H2,1-4H3,(H,23,26). The molecule has 0 aliphatic carbocycles. The minimum atomic E-state index is -3.68. The molecule has 2 rings (SSSR count). The zero-order valence-electron chi connectivity index (χ0n) is 18.8. The van der Waals surface area contributed by atoms with Crippen molar-refractivity contribution in [1.82, 2.24) is 15.2 Å². The molecule has 9 heteroatoms. The van der Waals surface area contributed by atoms with Crippen molar-refractivity contribution in [1.29, 1.82) is 0 Å². The number of benzene rings is 1. The van der Waals surface area contributed by atoms with Crippen LogP contribution in [0.2, 0.25) is 0 Å². The van der Waals surface area contributed by atoms with E-state index < -0.39 is 21.5 Å². The lowest BCUT2D eigenvalue weighted by Gasteiger charge is -2.20. The van der Waals surface area contributed by atoms with Gasteiger partial charge >= 0.3 is 0 Å². The largest absolute Gasteiger partial charge is 0.497 e. The highest BCUT2D eigenvalue weighted by Gasteiger charge is 2.22. The van der Waals surface area contributed by atoms with E-state index in [1.54, 1.807) is 38.3 Å². The number of oxazole rings is 1. The molecule has 1 heterocycles. The normalized spacial score (nSPS) is 11.6. The van der Waals surface area contributed by atoms with Crippen LogP contribution in [0.15, 0.2) is 28.7 Å². The summed E-state index contributed by atoms with van der Waals surface area (Å²) in [5, 5.41) is 2.71. The summed E-state index contributed by atoms with van der Waals surface area (Å²) in [5.41, 5.74) is 0.996. The summed E-state index contributed by atoms with van der Waals surface area (Å²) >= 11 is 0. The number of amides is 1. The van der Waals surface area contributed by atoms with Crippen LogP contribution < -0.4 is 10.1 Å². The van der Waals surface area contributed by atoms with Crippen LogP contribution in [0.5, 0.6) is 5.75 Å². The summed E-state index contributed by atoms with van der Waals surface area (Å²) in [6, 6.07) is 7.17. The Morgan fingerprint density at radius 2 is 1.90 bits per heavy atom. The molecule has 172 valence electrons. The van der Waals surface area contributed by atoms with Crippen LogP contribution >= 0.6 is 0 Å². The summed E-state index contributed by atoms with van der Waals surface area (Å²) in [5.74, 6) is -0.0420. The SMILES string of the molecule is CCCN(CCC)CCNC(=O)CS(=O)(=O)Cc1nc(-c2cccc(OC)c2)oc1C. The van der Waals surface area contributed by atoms with E-state index in [0.29, 0.717) is 41.7 Å². The van der Waals surface area contributed by atoms with E-state index in [-0.39, 0.29) is 5.75 Å². The molecule has 0 aliphatic heterocycles. The summed E-state index contributed by atoms with van der Waals surface area (Å²) in [7, 11) is -2.12. The second kappa shape index (κ2) is 11.9. The van der Waals surface area contributed by atoms with Crippen molar-refractivity contribution in [2.45, 2.75) is 39.4 Å². The highest BCUT2D eigenvalue weighted by Crippen LogP contribution is 2.26. The van der Waals surface area contributed by atoms with Crippen molar-refractivity contribution in [3.8, 4) is 17.2 Å². The quantitative estimate of drug-likeness (QED) is 0.500. The number of sulfone groups is 1. The maximum absolute atomic E-state index is 12.5. The van der Waals surface area contributed by atoms with Crippen molar-refractivity contribution in [3.05, 3.63) is 35.7 Å². The molecule has 0 atom stereocenters. The van der Waals surface area contributed by atoms with Gasteiger partial charge in [-0.2, -0.15) is 0 Å². The molecule has 1 aromatic carbocycles. The zero-order valence-corrected chi connectivity index (χ0v) is 19.6. The number of nitrogens with one attached hydrogen (secondary N) is 1. The molecular formula is C22H33N3O5S. The first-order chi connectivity index (χ1) is 14.8. The van der Waals surface area contributed by atoms with Gasteiger partial charge in [-0.3, -0.25) is 4.79 Å². The van der Waals surface area contributed by atoms with Gasteiger partial charge in [-0.1, -0.05) is 19.9 Å². The third-order valence-electron chi connectivity index (χ3n) is 4.75. The van der Waals surface area contributed by atoms with Crippen molar-refractivity contribution in [2.75, 3.05) is 39.0 Å². The van der Waals surface area contributed by atoms with Crippen molar-refractivity contribution in [3.63, 3.8) is 0 Å². The number of hydrogen-bond acceptors (Lipinski definition) is 7. The Kier molecular flexibility index (Phi) is 9.51. The first-order valence-corrected chi connectivity index (χ1v) is 12.4. The number of ether oxygens (including phenoxy) is 1. The van der Waals surface area contributed by atoms with Gasteiger partial charge in [0.25, 0.3) is 0 Å². The van der Waals surface area contributed by atoms with Gasteiger partial charge in [0.05, 0.1) is 18.6 Å². The maximum atomic E-state index is 12.5. The Balaban J connectivity index is 1.94. The lowest BCUT2D eigenvalue weighted by molar-refractivity contribution is -0.118. The van der Waals surface area contributed by atoms with Crippen molar-refractivity contribution >= 4 is 15.7 Å². The van der Waals surface area contributed by atoms with E-state index in [1.165, 1.54) is 0 Å². The van der Waals surface area contributed by atoms with E-state index in [4.69, 9.17) is 9.15 Å². The second-order valence-electron chi connectivity index (χ2n) is 7.48. The molecule has 0 saturated carbocycles. The fraction of sp³-hybridized carbons (Fsp3) is 0.545. The molecule has 8 nitrogen and oxygen atoms in total. The van der Waals surface area contributed by atoms with Crippen LogP contribution in [0.1, 0.15) is 38.1 Å². The van der Waals surface area contributed by atoms with Crippen molar-refractivity contribution < 1.29 is 22.4 Å². The highest BCUT2D eigenvalue weighted by molar-refractivity contribution is 7.91. The van der Waals surface area contributed by atoms with E-state index >= 15 is 0 Å². The number of carbonyl (C=O) groups excluding carboxylic acids is 1. The molecule has 0 fully saturated rings. The van der Waals surface area contributed by atoms with Gasteiger partial charge in [-0.15, -0.1) is 0 Å². The molecule has 31 heavy (non-hydrogen) atoms. The van der Waals surface area contributed by atoms with Gasteiger partial charge in [0.2, 0.25) is 11.8 Å². The zero-order chi connectivity index (χ0) is 22.9. The number of aryl methyl sites for hydroxylation is 1. The molecule has 1 N–H and O–H groups in total. The minimum Gasteiger partial charge on any atom is -0.497 e. The lowest BCUT2D eigenvalue weighted by atomic mass is 10.2. The molecule has 0 saturated heterocycles. The van der Waals surface area contributed by atoms with Gasteiger partial charge in [0.1, 0.15) is 17.3 Å². The third kappa shape index (κ3) is 7.99. The fourth-order valence-electron chi connectivity index (χ4n) is 3.27. The highest BCUT2D eigenvalue weighted by atomic mass is 32.2. The van der Waals surface area contributed by atoms with Gasteiger partial charge < -0.3 is 19.4 Å². The lowest BCUT2D eigenvalue weighted by Crippen LogP contribution is -2.38. The average molecular weight is 452 g/mol. The Bertz CT molecular complexity index is 950. The molecule has 0 aliphatic rings. The van der Waals surface area contributed by atoms with E-state index in [2.05, 4.69) is 29.0 Å². The Labute approximate surface area is 184 Å². The molecule has 0 radical (unpaired) electrons. The average Bonchev–Trinajstić information content (AvgIpc) is 3.07. The van der Waals surface area contributed by atoms with Crippen LogP contribution in [0.3, 0.4) is 0 Å². The number of carbonyl (C=O) groups is 1. The van der Waals surface area contributed by atoms with E-state index in [9.17, 15) is 13.2 Å². The molecule has 1 amide bonds. The van der Waals surface area contributed by atoms with Gasteiger partial charge in [-0.25, -0.2) is 13.4 Å². The predicted octanol–water partition coefficient (Wildman–Crippen LogP) is 2.81. The number of hydrogen-bond donors (Lipinski definition) is 1. The Morgan fingerprint density at radius 1 is 1.19 bits per heavy atom. The van der Waals surface area contributed by atoms with Crippen molar-refractivity contribution in [2.24, 2.45) is 0 Å². The smallest absolute Gasteiger partial charge is 0.235 e. The predicted molar refractivity (Wildman–Crippen MR) is 121 cm³/mol. The number of rotatable bonds is 13. The van der Waals surface area contributed by atoms with Gasteiger partial charge in [0.15, 0.2) is 9.84 Å². The third-order valence-corrected chi connectivity index (χ3v) is 6.16. The molecule has 1 aromatic heterocycles.